The van der Waals surface area contributed by atoms with Crippen LogP contribution in [0.5, 0.6) is 0 Å². The largest absolute Gasteiger partial charge is 0.444 e. The number of alkyl carbamates (subject to hydrolysis) is 1. The van der Waals surface area contributed by atoms with Crippen molar-refractivity contribution in [1.29, 1.82) is 0 Å². The normalized spacial score (nSPS) is 12.6. The average Bonchev–Trinajstić information content (AvgIpc) is 2.78. The molecule has 0 aliphatic carbocycles. The van der Waals surface area contributed by atoms with Gasteiger partial charge in [0.1, 0.15) is 5.60 Å². The fraction of sp³-hybridized carbons (Fsp3) is 0.688. The Bertz CT molecular complexity index is 548. The van der Waals surface area contributed by atoms with Crippen LogP contribution in [0.1, 0.15) is 41.0 Å². The molecule has 8 nitrogen and oxygen atoms in total. The Morgan fingerprint density at radius 2 is 2.00 bits per heavy atom. The van der Waals surface area contributed by atoms with Crippen LogP contribution in [0.2, 0.25) is 0 Å². The standard InChI is InChI=1S/C16H29N5O3/c1-11(2)9-12(10-17-15(23)24-16(3,4)5)18-14(22)19-13-7-8-21(6)20-13/h7-8,11-12H,9-10H2,1-6H3,(H,17,23)(H2,18,19,20,22). The van der Waals surface area contributed by atoms with Gasteiger partial charge in [0.05, 0.1) is 0 Å². The number of aryl methyl sites for hydroxylation is 1. The summed E-state index contributed by atoms with van der Waals surface area (Å²) in [5, 5.41) is 12.3. The van der Waals surface area contributed by atoms with Crippen LogP contribution in [0.15, 0.2) is 12.3 Å². The van der Waals surface area contributed by atoms with Crippen molar-refractivity contribution in [1.82, 2.24) is 20.4 Å². The quantitative estimate of drug-likeness (QED) is 0.741. The van der Waals surface area contributed by atoms with E-state index in [1.807, 2.05) is 0 Å². The number of aromatic nitrogens is 2. The van der Waals surface area contributed by atoms with Crippen LogP contribution in [0, 0.1) is 5.92 Å². The van der Waals surface area contributed by atoms with E-state index in [1.54, 1.807) is 44.8 Å². The van der Waals surface area contributed by atoms with Crippen molar-refractivity contribution in [3.63, 3.8) is 0 Å². The van der Waals surface area contributed by atoms with E-state index in [0.717, 1.165) is 6.42 Å². The van der Waals surface area contributed by atoms with Crippen LogP contribution in [0.4, 0.5) is 15.4 Å². The van der Waals surface area contributed by atoms with Gasteiger partial charge in [0, 0.05) is 31.9 Å². The molecule has 1 atom stereocenters. The molecule has 24 heavy (non-hydrogen) atoms. The van der Waals surface area contributed by atoms with Gasteiger partial charge in [-0.05, 0) is 33.1 Å². The van der Waals surface area contributed by atoms with Gasteiger partial charge in [-0.25, -0.2) is 9.59 Å². The Labute approximate surface area is 143 Å². The second-order valence-electron chi connectivity index (χ2n) is 7.18. The van der Waals surface area contributed by atoms with Crippen molar-refractivity contribution in [2.24, 2.45) is 13.0 Å². The molecule has 136 valence electrons. The molecule has 0 spiro atoms. The highest BCUT2D eigenvalue weighted by molar-refractivity contribution is 5.88. The monoisotopic (exact) mass is 339 g/mol. The van der Waals surface area contributed by atoms with Gasteiger partial charge in [-0.3, -0.25) is 10.00 Å². The van der Waals surface area contributed by atoms with E-state index < -0.39 is 11.7 Å². The number of urea groups is 1. The van der Waals surface area contributed by atoms with Crippen molar-refractivity contribution in [2.45, 2.75) is 52.7 Å². The maximum Gasteiger partial charge on any atom is 0.407 e. The lowest BCUT2D eigenvalue weighted by molar-refractivity contribution is 0.0521. The highest BCUT2D eigenvalue weighted by Crippen LogP contribution is 2.08. The summed E-state index contributed by atoms with van der Waals surface area (Å²) in [4.78, 5) is 23.8. The molecule has 1 rings (SSSR count). The maximum absolute atomic E-state index is 12.1. The van der Waals surface area contributed by atoms with E-state index in [-0.39, 0.29) is 12.1 Å². The molecule has 0 aromatic carbocycles. The van der Waals surface area contributed by atoms with Crippen LogP contribution in [-0.4, -0.2) is 40.1 Å². The number of nitrogens with zero attached hydrogens (tertiary/aromatic N) is 2. The predicted molar refractivity (Wildman–Crippen MR) is 92.8 cm³/mol. The molecule has 0 saturated carbocycles. The number of nitrogens with one attached hydrogen (secondary N) is 3. The molecule has 0 aliphatic heterocycles. The molecule has 1 heterocycles. The third-order valence-corrected chi connectivity index (χ3v) is 2.94. The fourth-order valence-electron chi connectivity index (χ4n) is 2.10. The summed E-state index contributed by atoms with van der Waals surface area (Å²) in [5.41, 5.74) is -0.554. The van der Waals surface area contributed by atoms with Gasteiger partial charge >= 0.3 is 12.1 Å². The van der Waals surface area contributed by atoms with Crippen LogP contribution >= 0.6 is 0 Å². The summed E-state index contributed by atoms with van der Waals surface area (Å²) in [5.74, 6) is 0.837. The fourth-order valence-corrected chi connectivity index (χ4v) is 2.10. The van der Waals surface area contributed by atoms with Crippen molar-refractivity contribution < 1.29 is 14.3 Å². The molecule has 3 N–H and O–H groups in total. The molecule has 0 bridgehead atoms. The van der Waals surface area contributed by atoms with E-state index in [9.17, 15) is 9.59 Å². The molecule has 1 aromatic rings. The first-order chi connectivity index (χ1) is 11.0. The lowest BCUT2D eigenvalue weighted by atomic mass is 10.0. The predicted octanol–water partition coefficient (Wildman–Crippen LogP) is 2.48. The zero-order valence-electron chi connectivity index (χ0n) is 15.3. The van der Waals surface area contributed by atoms with E-state index >= 15 is 0 Å². The minimum Gasteiger partial charge on any atom is -0.444 e. The molecule has 0 aliphatic rings. The summed E-state index contributed by atoms with van der Waals surface area (Å²) in [6.45, 7) is 9.81. The molecular formula is C16H29N5O3. The van der Waals surface area contributed by atoms with Crippen LogP contribution in [-0.2, 0) is 11.8 Å². The van der Waals surface area contributed by atoms with Crippen LogP contribution in [0.3, 0.4) is 0 Å². The number of hydrogen-bond donors (Lipinski definition) is 3. The van der Waals surface area contributed by atoms with Gasteiger partial charge < -0.3 is 15.4 Å². The second-order valence-corrected chi connectivity index (χ2v) is 7.18. The number of ether oxygens (including phenoxy) is 1. The smallest absolute Gasteiger partial charge is 0.407 e. The lowest BCUT2D eigenvalue weighted by Crippen LogP contribution is -2.46. The van der Waals surface area contributed by atoms with Gasteiger partial charge in [-0.15, -0.1) is 0 Å². The van der Waals surface area contributed by atoms with Crippen LogP contribution in [0.25, 0.3) is 0 Å². The number of carbonyl (C=O) groups is 2. The summed E-state index contributed by atoms with van der Waals surface area (Å²) >= 11 is 0. The second kappa shape index (κ2) is 8.56. The molecule has 0 fully saturated rings. The molecule has 3 amide bonds. The highest BCUT2D eigenvalue weighted by atomic mass is 16.6. The summed E-state index contributed by atoms with van der Waals surface area (Å²) in [7, 11) is 1.77. The van der Waals surface area contributed by atoms with Gasteiger partial charge in [-0.1, -0.05) is 13.8 Å². The third-order valence-electron chi connectivity index (χ3n) is 2.94. The topological polar surface area (TPSA) is 97.3 Å². The minimum atomic E-state index is -0.554. The number of anilines is 1. The SMILES string of the molecule is CC(C)CC(CNC(=O)OC(C)(C)C)NC(=O)Nc1ccn(C)n1. The van der Waals surface area contributed by atoms with Crippen molar-refractivity contribution in [3.05, 3.63) is 12.3 Å². The molecule has 0 radical (unpaired) electrons. The Balaban J connectivity index is 2.52. The Morgan fingerprint density at radius 3 is 2.50 bits per heavy atom. The summed E-state index contributed by atoms with van der Waals surface area (Å²) < 4.78 is 6.81. The first-order valence-corrected chi connectivity index (χ1v) is 8.09. The number of carbonyl (C=O) groups excluding carboxylic acids is 2. The Hall–Kier alpha value is -2.25. The minimum absolute atomic E-state index is 0.207. The zero-order valence-corrected chi connectivity index (χ0v) is 15.3. The Morgan fingerprint density at radius 1 is 1.33 bits per heavy atom. The first kappa shape index (κ1) is 19.8. The lowest BCUT2D eigenvalue weighted by Gasteiger charge is -2.23. The molecular weight excluding hydrogens is 310 g/mol. The van der Waals surface area contributed by atoms with Gasteiger partial charge in [0.2, 0.25) is 0 Å². The van der Waals surface area contributed by atoms with Gasteiger partial charge in [-0.2, -0.15) is 5.10 Å². The maximum atomic E-state index is 12.1. The molecule has 1 aromatic heterocycles. The summed E-state index contributed by atoms with van der Waals surface area (Å²) in [6, 6.07) is 1.14. The van der Waals surface area contributed by atoms with E-state index in [4.69, 9.17) is 4.74 Å². The van der Waals surface area contributed by atoms with E-state index in [0.29, 0.717) is 18.3 Å². The van der Waals surface area contributed by atoms with Crippen molar-refractivity contribution in [2.75, 3.05) is 11.9 Å². The highest BCUT2D eigenvalue weighted by Gasteiger charge is 2.19. The van der Waals surface area contributed by atoms with Gasteiger partial charge in [0.15, 0.2) is 5.82 Å². The molecule has 0 saturated heterocycles. The van der Waals surface area contributed by atoms with E-state index in [2.05, 4.69) is 34.9 Å². The summed E-state index contributed by atoms with van der Waals surface area (Å²) in [6.07, 6.45) is 1.97. The van der Waals surface area contributed by atoms with E-state index in [1.165, 1.54) is 0 Å². The third kappa shape index (κ3) is 8.40. The van der Waals surface area contributed by atoms with Crippen LogP contribution < -0.4 is 16.0 Å². The molecule has 8 heteroatoms. The Kier molecular flexibility index (Phi) is 7.06. The number of hydrogen-bond acceptors (Lipinski definition) is 4. The van der Waals surface area contributed by atoms with Gasteiger partial charge in [0.25, 0.3) is 0 Å². The number of rotatable bonds is 6. The molecule has 1 unspecified atom stereocenters. The number of amides is 3. The van der Waals surface area contributed by atoms with Crippen molar-refractivity contribution in [3.8, 4) is 0 Å². The average molecular weight is 339 g/mol. The first-order valence-electron chi connectivity index (χ1n) is 8.09. The van der Waals surface area contributed by atoms with Crippen molar-refractivity contribution >= 4 is 17.9 Å². The zero-order chi connectivity index (χ0) is 18.3.